The minimum absolute atomic E-state index is 0.620. The fourth-order valence-corrected chi connectivity index (χ4v) is 2.20. The van der Waals surface area contributed by atoms with Crippen molar-refractivity contribution in [3.63, 3.8) is 0 Å². The van der Waals surface area contributed by atoms with E-state index in [0.29, 0.717) is 11.2 Å². The number of hydrogen-bond acceptors (Lipinski definition) is 6. The summed E-state index contributed by atoms with van der Waals surface area (Å²) in [5.41, 5.74) is 1.92. The van der Waals surface area contributed by atoms with Crippen LogP contribution >= 0.6 is 11.8 Å². The Morgan fingerprint density at radius 3 is 2.67 bits per heavy atom. The van der Waals surface area contributed by atoms with E-state index in [1.165, 1.54) is 11.8 Å². The molecule has 6 heteroatoms. The Hall–Kier alpha value is -1.56. The molecule has 0 atom stereocenters. The van der Waals surface area contributed by atoms with Gasteiger partial charge in [0.25, 0.3) is 5.22 Å². The maximum atomic E-state index is 5.54. The monoisotopic (exact) mass is 264 g/mol. The van der Waals surface area contributed by atoms with E-state index in [1.807, 2.05) is 27.7 Å². The minimum Gasteiger partial charge on any atom is -0.436 e. The number of aryl methyl sites for hydroxylation is 3. The zero-order chi connectivity index (χ0) is 13.1. The first-order valence-corrected chi connectivity index (χ1v) is 6.61. The lowest BCUT2D eigenvalue weighted by Crippen LogP contribution is -2.03. The van der Waals surface area contributed by atoms with Crippen molar-refractivity contribution < 1.29 is 4.42 Å². The molecule has 0 aliphatic rings. The maximum Gasteiger partial charge on any atom is 0.262 e. The molecule has 0 saturated carbocycles. The van der Waals surface area contributed by atoms with Gasteiger partial charge in [-0.15, -0.1) is 0 Å². The molecule has 0 aliphatic carbocycles. The molecule has 0 aromatic carbocycles. The largest absolute Gasteiger partial charge is 0.436 e. The van der Waals surface area contributed by atoms with E-state index in [9.17, 15) is 0 Å². The summed E-state index contributed by atoms with van der Waals surface area (Å²) < 4.78 is 5.54. The van der Waals surface area contributed by atoms with Crippen molar-refractivity contribution in [1.29, 1.82) is 0 Å². The van der Waals surface area contributed by atoms with Crippen LogP contribution in [0.3, 0.4) is 0 Å². The van der Waals surface area contributed by atoms with Gasteiger partial charge in [0.2, 0.25) is 5.95 Å². The standard InChI is InChI=1S/C12H16N4OS/c1-5-13-11-14-6-7(2)10(16-11)18-12-15-8(3)9(4)17-12/h6H,5H2,1-4H3,(H,13,14,16). The lowest BCUT2D eigenvalue weighted by Gasteiger charge is -2.05. The van der Waals surface area contributed by atoms with E-state index in [-0.39, 0.29) is 0 Å². The molecule has 0 fully saturated rings. The molecule has 2 heterocycles. The van der Waals surface area contributed by atoms with Crippen molar-refractivity contribution in [1.82, 2.24) is 15.0 Å². The average Bonchev–Trinajstić information content (AvgIpc) is 2.63. The van der Waals surface area contributed by atoms with Gasteiger partial charge in [-0.3, -0.25) is 0 Å². The second kappa shape index (κ2) is 5.39. The summed E-state index contributed by atoms with van der Waals surface area (Å²) in [6, 6.07) is 0. The summed E-state index contributed by atoms with van der Waals surface area (Å²) in [6.45, 7) is 8.62. The Morgan fingerprint density at radius 1 is 1.28 bits per heavy atom. The van der Waals surface area contributed by atoms with Crippen LogP contribution in [-0.4, -0.2) is 21.5 Å². The lowest BCUT2D eigenvalue weighted by molar-refractivity contribution is 0.431. The minimum atomic E-state index is 0.620. The second-order valence-electron chi connectivity index (χ2n) is 3.94. The van der Waals surface area contributed by atoms with Crippen LogP contribution in [0, 0.1) is 20.8 Å². The first-order valence-electron chi connectivity index (χ1n) is 5.79. The average molecular weight is 264 g/mol. The van der Waals surface area contributed by atoms with Crippen LogP contribution in [-0.2, 0) is 0 Å². The molecule has 96 valence electrons. The molecule has 0 bridgehead atoms. The molecule has 2 aromatic rings. The fourth-order valence-electron chi connectivity index (χ4n) is 1.34. The van der Waals surface area contributed by atoms with Crippen molar-refractivity contribution in [2.45, 2.75) is 37.9 Å². The van der Waals surface area contributed by atoms with Gasteiger partial charge >= 0.3 is 0 Å². The topological polar surface area (TPSA) is 63.8 Å². The Kier molecular flexibility index (Phi) is 3.86. The number of oxazole rings is 1. The molecule has 0 aliphatic heterocycles. The third-order valence-corrected chi connectivity index (χ3v) is 3.41. The molecule has 2 rings (SSSR count). The van der Waals surface area contributed by atoms with Gasteiger partial charge < -0.3 is 9.73 Å². The van der Waals surface area contributed by atoms with E-state index in [1.54, 1.807) is 6.20 Å². The summed E-state index contributed by atoms with van der Waals surface area (Å²) >= 11 is 1.42. The Labute approximate surface area is 110 Å². The quantitative estimate of drug-likeness (QED) is 0.856. The molecular formula is C12H16N4OS. The molecule has 0 spiro atoms. The van der Waals surface area contributed by atoms with E-state index in [0.717, 1.165) is 28.6 Å². The van der Waals surface area contributed by atoms with Crippen LogP contribution in [0.1, 0.15) is 23.9 Å². The second-order valence-corrected chi connectivity index (χ2v) is 4.88. The van der Waals surface area contributed by atoms with Gasteiger partial charge in [-0.05, 0) is 39.5 Å². The smallest absolute Gasteiger partial charge is 0.262 e. The van der Waals surface area contributed by atoms with E-state index in [4.69, 9.17) is 4.42 Å². The zero-order valence-corrected chi connectivity index (χ0v) is 11.8. The van der Waals surface area contributed by atoms with Crippen LogP contribution in [0.15, 0.2) is 20.9 Å². The fraction of sp³-hybridized carbons (Fsp3) is 0.417. The first kappa shape index (κ1) is 12.9. The highest BCUT2D eigenvalue weighted by Gasteiger charge is 2.11. The third-order valence-electron chi connectivity index (χ3n) is 2.45. The van der Waals surface area contributed by atoms with Crippen LogP contribution < -0.4 is 5.32 Å². The number of nitrogens with zero attached hydrogens (tertiary/aromatic N) is 3. The van der Waals surface area contributed by atoms with Gasteiger partial charge in [0, 0.05) is 18.3 Å². The van der Waals surface area contributed by atoms with Crippen molar-refractivity contribution in [2.75, 3.05) is 11.9 Å². The van der Waals surface area contributed by atoms with Gasteiger partial charge in [-0.25, -0.2) is 15.0 Å². The molecule has 1 N–H and O–H groups in total. The third kappa shape index (κ3) is 2.81. The Balaban J connectivity index is 2.24. The van der Waals surface area contributed by atoms with Crippen molar-refractivity contribution in [2.24, 2.45) is 0 Å². The number of anilines is 1. The Morgan fingerprint density at radius 2 is 2.06 bits per heavy atom. The van der Waals surface area contributed by atoms with E-state index >= 15 is 0 Å². The van der Waals surface area contributed by atoms with Crippen LogP contribution in [0.25, 0.3) is 0 Å². The molecule has 2 aromatic heterocycles. The summed E-state index contributed by atoms with van der Waals surface area (Å²) in [5.74, 6) is 1.47. The number of nitrogens with one attached hydrogen (secondary N) is 1. The first-order chi connectivity index (χ1) is 8.60. The van der Waals surface area contributed by atoms with Gasteiger partial charge in [-0.1, -0.05) is 0 Å². The summed E-state index contributed by atoms with van der Waals surface area (Å²) in [6.07, 6.45) is 1.80. The zero-order valence-electron chi connectivity index (χ0n) is 10.9. The summed E-state index contributed by atoms with van der Waals surface area (Å²) in [7, 11) is 0. The lowest BCUT2D eigenvalue weighted by atomic mass is 10.4. The van der Waals surface area contributed by atoms with Crippen LogP contribution in [0.5, 0.6) is 0 Å². The predicted octanol–water partition coefficient (Wildman–Crippen LogP) is 2.97. The van der Waals surface area contributed by atoms with Crippen LogP contribution in [0.2, 0.25) is 0 Å². The van der Waals surface area contributed by atoms with Crippen LogP contribution in [0.4, 0.5) is 5.95 Å². The molecular weight excluding hydrogens is 248 g/mol. The molecule has 0 amide bonds. The maximum absolute atomic E-state index is 5.54. The summed E-state index contributed by atoms with van der Waals surface area (Å²) in [4.78, 5) is 13.0. The van der Waals surface area contributed by atoms with Crippen molar-refractivity contribution in [3.8, 4) is 0 Å². The van der Waals surface area contributed by atoms with Gasteiger partial charge in [-0.2, -0.15) is 0 Å². The number of rotatable bonds is 4. The molecule has 0 unspecified atom stereocenters. The normalized spacial score (nSPS) is 10.7. The highest BCUT2D eigenvalue weighted by molar-refractivity contribution is 7.99. The van der Waals surface area contributed by atoms with Crippen molar-refractivity contribution >= 4 is 17.7 Å². The summed E-state index contributed by atoms with van der Waals surface area (Å²) in [5, 5.41) is 4.57. The van der Waals surface area contributed by atoms with Crippen molar-refractivity contribution in [3.05, 3.63) is 23.2 Å². The van der Waals surface area contributed by atoms with Gasteiger partial charge in [0.15, 0.2) is 0 Å². The molecule has 18 heavy (non-hydrogen) atoms. The highest BCUT2D eigenvalue weighted by Crippen LogP contribution is 2.29. The SMILES string of the molecule is CCNc1ncc(C)c(Sc2nc(C)c(C)o2)n1. The molecule has 5 nitrogen and oxygen atoms in total. The number of aromatic nitrogens is 3. The predicted molar refractivity (Wildman–Crippen MR) is 71.0 cm³/mol. The van der Waals surface area contributed by atoms with E-state index in [2.05, 4.69) is 20.3 Å². The Bertz CT molecular complexity index is 534. The van der Waals surface area contributed by atoms with Gasteiger partial charge in [0.05, 0.1) is 5.69 Å². The highest BCUT2D eigenvalue weighted by atomic mass is 32.2. The molecule has 0 radical (unpaired) electrons. The van der Waals surface area contributed by atoms with Gasteiger partial charge in [0.1, 0.15) is 10.8 Å². The van der Waals surface area contributed by atoms with E-state index < -0.39 is 0 Å². The number of hydrogen-bond donors (Lipinski definition) is 1. The molecule has 0 saturated heterocycles.